The van der Waals surface area contributed by atoms with Crippen LogP contribution in [0.2, 0.25) is 0 Å². The maximum atomic E-state index is 13.1. The minimum atomic E-state index is 0.00791. The van der Waals surface area contributed by atoms with Crippen molar-refractivity contribution < 1.29 is 9.53 Å². The molecular weight excluding hydrogens is 376 g/mol. The summed E-state index contributed by atoms with van der Waals surface area (Å²) in [5, 5.41) is 3.26. The molecule has 1 fully saturated rings. The Morgan fingerprint density at radius 1 is 1.10 bits per heavy atom. The SMILES string of the molecule is CC(C)COc1ccc(CN(Cc2ccn(C)c2)C(=O)NC2CCN(C)CC2)cc1. The van der Waals surface area contributed by atoms with E-state index in [1.165, 1.54) is 0 Å². The lowest BCUT2D eigenvalue weighted by atomic mass is 10.1. The van der Waals surface area contributed by atoms with Gasteiger partial charge in [-0.05, 0) is 68.2 Å². The molecule has 3 rings (SSSR count). The normalized spacial score (nSPS) is 15.4. The molecule has 1 saturated heterocycles. The first-order chi connectivity index (χ1) is 14.4. The summed E-state index contributed by atoms with van der Waals surface area (Å²) < 4.78 is 7.80. The van der Waals surface area contributed by atoms with E-state index in [4.69, 9.17) is 4.74 Å². The molecule has 1 aromatic carbocycles. The molecule has 1 N–H and O–H groups in total. The van der Waals surface area contributed by atoms with Gasteiger partial charge in [-0.25, -0.2) is 4.79 Å². The van der Waals surface area contributed by atoms with Crippen molar-refractivity contribution >= 4 is 6.03 Å². The Labute approximate surface area is 180 Å². The molecule has 0 bridgehead atoms. The molecular formula is C24H36N4O2. The molecule has 0 saturated carbocycles. The summed E-state index contributed by atoms with van der Waals surface area (Å²) in [7, 11) is 4.14. The molecule has 164 valence electrons. The number of benzene rings is 1. The molecule has 2 heterocycles. The Kier molecular flexibility index (Phi) is 7.80. The summed E-state index contributed by atoms with van der Waals surface area (Å²) in [6.07, 6.45) is 6.09. The molecule has 0 unspecified atom stereocenters. The first-order valence-electron chi connectivity index (χ1n) is 11.0. The summed E-state index contributed by atoms with van der Waals surface area (Å²) in [6, 6.07) is 10.4. The van der Waals surface area contributed by atoms with E-state index in [9.17, 15) is 4.79 Å². The number of hydrogen-bond donors (Lipinski definition) is 1. The molecule has 0 spiro atoms. The van der Waals surface area contributed by atoms with Gasteiger partial charge in [0.1, 0.15) is 5.75 Å². The van der Waals surface area contributed by atoms with Gasteiger partial charge in [0, 0.05) is 38.6 Å². The number of urea groups is 1. The van der Waals surface area contributed by atoms with E-state index in [2.05, 4.69) is 55.5 Å². The Morgan fingerprint density at radius 3 is 2.37 bits per heavy atom. The molecule has 1 aliphatic heterocycles. The number of aromatic nitrogens is 1. The topological polar surface area (TPSA) is 49.7 Å². The Hall–Kier alpha value is -2.47. The molecule has 0 radical (unpaired) electrons. The fourth-order valence-corrected chi connectivity index (χ4v) is 3.67. The summed E-state index contributed by atoms with van der Waals surface area (Å²) in [6.45, 7) is 8.20. The number of aryl methyl sites for hydroxylation is 1. The van der Waals surface area contributed by atoms with Gasteiger partial charge < -0.3 is 24.4 Å². The van der Waals surface area contributed by atoms with Crippen LogP contribution in [-0.4, -0.2) is 53.2 Å². The van der Waals surface area contributed by atoms with Crippen molar-refractivity contribution in [2.24, 2.45) is 13.0 Å². The van der Waals surface area contributed by atoms with Crippen LogP contribution in [0, 0.1) is 5.92 Å². The molecule has 1 aromatic heterocycles. The summed E-state index contributed by atoms with van der Waals surface area (Å²) >= 11 is 0. The van der Waals surface area contributed by atoms with Gasteiger partial charge in [0.2, 0.25) is 0 Å². The number of likely N-dealkylation sites (tertiary alicyclic amines) is 1. The maximum absolute atomic E-state index is 13.1. The van der Waals surface area contributed by atoms with Crippen LogP contribution in [0.1, 0.15) is 37.8 Å². The standard InChI is InChI=1S/C24H36N4O2/c1-19(2)18-30-23-7-5-20(6-8-23)16-28(17-21-9-12-27(4)15-21)24(29)25-22-10-13-26(3)14-11-22/h5-9,12,15,19,22H,10-11,13-14,16-18H2,1-4H3,(H,25,29). The highest BCUT2D eigenvalue weighted by atomic mass is 16.5. The van der Waals surface area contributed by atoms with Crippen LogP contribution < -0.4 is 10.1 Å². The zero-order chi connectivity index (χ0) is 21.5. The maximum Gasteiger partial charge on any atom is 0.318 e. The largest absolute Gasteiger partial charge is 0.493 e. The average molecular weight is 413 g/mol. The predicted octanol–water partition coefficient (Wildman–Crippen LogP) is 3.87. The predicted molar refractivity (Wildman–Crippen MR) is 120 cm³/mol. The van der Waals surface area contributed by atoms with Gasteiger partial charge in [-0.15, -0.1) is 0 Å². The fraction of sp³-hybridized carbons (Fsp3) is 0.542. The molecule has 0 aliphatic carbocycles. The highest BCUT2D eigenvalue weighted by Crippen LogP contribution is 2.17. The lowest BCUT2D eigenvalue weighted by molar-refractivity contribution is 0.176. The Morgan fingerprint density at radius 2 is 1.77 bits per heavy atom. The lowest BCUT2D eigenvalue weighted by Crippen LogP contribution is -2.48. The summed E-state index contributed by atoms with van der Waals surface area (Å²) in [5.41, 5.74) is 2.23. The highest BCUT2D eigenvalue weighted by molar-refractivity contribution is 5.74. The van der Waals surface area contributed by atoms with E-state index in [1.54, 1.807) is 0 Å². The molecule has 6 heteroatoms. The number of rotatable bonds is 8. The van der Waals surface area contributed by atoms with E-state index in [0.717, 1.165) is 42.8 Å². The first kappa shape index (κ1) is 22.2. The minimum Gasteiger partial charge on any atom is -0.493 e. The zero-order valence-electron chi connectivity index (χ0n) is 18.8. The van der Waals surface area contributed by atoms with Crippen LogP contribution in [0.5, 0.6) is 5.75 Å². The van der Waals surface area contributed by atoms with Crippen LogP contribution in [0.3, 0.4) is 0 Å². The number of carbonyl (C=O) groups excluding carboxylic acids is 1. The van der Waals surface area contributed by atoms with Gasteiger partial charge >= 0.3 is 6.03 Å². The number of nitrogens with one attached hydrogen (secondary N) is 1. The first-order valence-corrected chi connectivity index (χ1v) is 11.0. The highest BCUT2D eigenvalue weighted by Gasteiger charge is 2.22. The molecule has 1 aliphatic rings. The molecule has 2 amide bonds. The number of amides is 2. The van der Waals surface area contributed by atoms with Crippen molar-refractivity contribution in [2.45, 2.75) is 45.8 Å². The van der Waals surface area contributed by atoms with Gasteiger partial charge in [0.25, 0.3) is 0 Å². The number of hydrogen-bond acceptors (Lipinski definition) is 3. The number of nitrogens with zero attached hydrogens (tertiary/aromatic N) is 3. The molecule has 30 heavy (non-hydrogen) atoms. The van der Waals surface area contributed by atoms with E-state index >= 15 is 0 Å². The van der Waals surface area contributed by atoms with Crippen molar-refractivity contribution in [2.75, 3.05) is 26.7 Å². The quantitative estimate of drug-likeness (QED) is 0.716. The van der Waals surface area contributed by atoms with Gasteiger partial charge in [-0.3, -0.25) is 0 Å². The fourth-order valence-electron chi connectivity index (χ4n) is 3.67. The van der Waals surface area contributed by atoms with Gasteiger partial charge in [0.05, 0.1) is 6.61 Å². The Balaban J connectivity index is 1.65. The van der Waals surface area contributed by atoms with Crippen molar-refractivity contribution in [3.8, 4) is 5.75 Å². The molecule has 6 nitrogen and oxygen atoms in total. The van der Waals surface area contributed by atoms with Crippen LogP contribution in [0.15, 0.2) is 42.7 Å². The zero-order valence-corrected chi connectivity index (χ0v) is 18.8. The van der Waals surface area contributed by atoms with Gasteiger partial charge in [-0.1, -0.05) is 26.0 Å². The number of piperidine rings is 1. The van der Waals surface area contributed by atoms with Crippen LogP contribution in [0.4, 0.5) is 4.79 Å². The van der Waals surface area contributed by atoms with Crippen molar-refractivity contribution in [3.63, 3.8) is 0 Å². The van der Waals surface area contributed by atoms with E-state index in [1.807, 2.05) is 34.8 Å². The van der Waals surface area contributed by atoms with Crippen LogP contribution in [0.25, 0.3) is 0 Å². The van der Waals surface area contributed by atoms with Gasteiger partial charge in [-0.2, -0.15) is 0 Å². The number of ether oxygens (including phenoxy) is 1. The molecule has 0 atom stereocenters. The summed E-state index contributed by atoms with van der Waals surface area (Å²) in [4.78, 5) is 17.3. The van der Waals surface area contributed by atoms with Crippen molar-refractivity contribution in [3.05, 3.63) is 53.9 Å². The van der Waals surface area contributed by atoms with Crippen molar-refractivity contribution in [1.82, 2.24) is 19.7 Å². The number of carbonyl (C=O) groups is 1. The third-order valence-electron chi connectivity index (χ3n) is 5.48. The van der Waals surface area contributed by atoms with Crippen molar-refractivity contribution in [1.29, 1.82) is 0 Å². The summed E-state index contributed by atoms with van der Waals surface area (Å²) in [5.74, 6) is 1.37. The second-order valence-corrected chi connectivity index (χ2v) is 8.92. The second kappa shape index (κ2) is 10.5. The second-order valence-electron chi connectivity index (χ2n) is 8.92. The van der Waals surface area contributed by atoms with E-state index < -0.39 is 0 Å². The average Bonchev–Trinajstić information content (AvgIpc) is 3.13. The smallest absolute Gasteiger partial charge is 0.318 e. The van der Waals surface area contributed by atoms with E-state index in [0.29, 0.717) is 25.6 Å². The third kappa shape index (κ3) is 6.80. The van der Waals surface area contributed by atoms with Crippen LogP contribution in [-0.2, 0) is 20.1 Å². The van der Waals surface area contributed by atoms with Gasteiger partial charge in [0.15, 0.2) is 0 Å². The monoisotopic (exact) mass is 412 g/mol. The Bertz CT molecular complexity index is 792. The lowest BCUT2D eigenvalue weighted by Gasteiger charge is -2.32. The van der Waals surface area contributed by atoms with E-state index in [-0.39, 0.29) is 12.1 Å². The van der Waals surface area contributed by atoms with Crippen LogP contribution >= 0.6 is 0 Å². The third-order valence-corrected chi connectivity index (χ3v) is 5.48. The minimum absolute atomic E-state index is 0.00791. The molecule has 2 aromatic rings.